The van der Waals surface area contributed by atoms with Gasteiger partial charge in [0.15, 0.2) is 0 Å². The molecule has 4 aromatic rings. The van der Waals surface area contributed by atoms with Crippen molar-refractivity contribution >= 4 is 34.1 Å². The molecule has 1 fully saturated rings. The van der Waals surface area contributed by atoms with E-state index >= 15 is 0 Å². The highest BCUT2D eigenvalue weighted by Crippen LogP contribution is 2.43. The van der Waals surface area contributed by atoms with Crippen molar-refractivity contribution < 1.29 is 4.42 Å². The summed E-state index contributed by atoms with van der Waals surface area (Å²) in [6, 6.07) is 19.1. The fourth-order valence-corrected chi connectivity index (χ4v) is 4.97. The molecule has 0 unspecified atom stereocenters. The van der Waals surface area contributed by atoms with E-state index < -0.39 is 0 Å². The van der Waals surface area contributed by atoms with Gasteiger partial charge in [-0.3, -0.25) is 0 Å². The molecule has 0 aliphatic heterocycles. The second kappa shape index (κ2) is 11.2. The van der Waals surface area contributed by atoms with E-state index in [4.69, 9.17) is 4.42 Å². The molecule has 1 aromatic heterocycles. The zero-order valence-electron chi connectivity index (χ0n) is 19.7. The Labute approximate surface area is 199 Å². The molecule has 1 nitrogen and oxygen atoms in total. The van der Waals surface area contributed by atoms with Gasteiger partial charge in [0, 0.05) is 10.8 Å². The van der Waals surface area contributed by atoms with Gasteiger partial charge in [-0.2, -0.15) is 0 Å². The van der Waals surface area contributed by atoms with Crippen molar-refractivity contribution in [3.8, 4) is 0 Å². The first-order valence-corrected chi connectivity index (χ1v) is 11.9. The Morgan fingerprint density at radius 3 is 2.24 bits per heavy atom. The normalized spacial score (nSPS) is 14.2. The Kier molecular flexibility index (Phi) is 8.33. The molecule has 1 saturated carbocycles. The van der Waals surface area contributed by atoms with E-state index in [1.54, 1.807) is 0 Å². The van der Waals surface area contributed by atoms with Crippen molar-refractivity contribution in [2.75, 3.05) is 0 Å². The van der Waals surface area contributed by atoms with Crippen molar-refractivity contribution in [3.63, 3.8) is 0 Å². The van der Waals surface area contributed by atoms with Crippen molar-refractivity contribution in [2.24, 2.45) is 0 Å². The van der Waals surface area contributed by atoms with Crippen LogP contribution in [0.25, 0.3) is 34.1 Å². The van der Waals surface area contributed by atoms with Gasteiger partial charge in [0.1, 0.15) is 11.2 Å². The van der Waals surface area contributed by atoms with Crippen LogP contribution in [0.1, 0.15) is 80.2 Å². The molecular formula is C32H38O. The summed E-state index contributed by atoms with van der Waals surface area (Å²) in [5.74, 6) is 0.611. The Morgan fingerprint density at radius 2 is 1.64 bits per heavy atom. The maximum atomic E-state index is 6.47. The molecule has 0 N–H and O–H groups in total. The van der Waals surface area contributed by atoms with Crippen LogP contribution in [0.5, 0.6) is 0 Å². The third kappa shape index (κ3) is 5.14. The van der Waals surface area contributed by atoms with Crippen LogP contribution in [-0.2, 0) is 0 Å². The number of aryl methyl sites for hydroxylation is 2. The molecule has 172 valence electrons. The van der Waals surface area contributed by atoms with Crippen molar-refractivity contribution in [1.82, 2.24) is 0 Å². The molecule has 33 heavy (non-hydrogen) atoms. The van der Waals surface area contributed by atoms with Gasteiger partial charge in [-0.1, -0.05) is 106 Å². The average molecular weight is 439 g/mol. The SMILES string of the molecule is C.C=Cc1c(/C=C\C)cc(C2CCCCC2)c2oc3c(C)cccc3c12.Cc1ccccc1. The molecule has 3 aromatic carbocycles. The second-order valence-electron chi connectivity index (χ2n) is 8.92. The van der Waals surface area contributed by atoms with Crippen LogP contribution >= 0.6 is 0 Å². The number of hydrogen-bond acceptors (Lipinski definition) is 1. The lowest BCUT2D eigenvalue weighted by Crippen LogP contribution is -2.05. The number of hydrogen-bond donors (Lipinski definition) is 0. The van der Waals surface area contributed by atoms with Crippen LogP contribution in [0.15, 0.2) is 71.7 Å². The van der Waals surface area contributed by atoms with Crippen molar-refractivity contribution in [2.45, 2.75) is 66.2 Å². The lowest BCUT2D eigenvalue weighted by molar-refractivity contribution is 0.442. The first-order valence-electron chi connectivity index (χ1n) is 11.9. The number of allylic oxidation sites excluding steroid dienone is 1. The van der Waals surface area contributed by atoms with Crippen LogP contribution < -0.4 is 0 Å². The summed E-state index contributed by atoms with van der Waals surface area (Å²) < 4.78 is 6.47. The van der Waals surface area contributed by atoms with Gasteiger partial charge in [-0.15, -0.1) is 0 Å². The topological polar surface area (TPSA) is 13.1 Å². The van der Waals surface area contributed by atoms with Crippen molar-refractivity contribution in [3.05, 3.63) is 95.1 Å². The van der Waals surface area contributed by atoms with Gasteiger partial charge in [-0.25, -0.2) is 0 Å². The fourth-order valence-electron chi connectivity index (χ4n) is 4.97. The molecule has 0 atom stereocenters. The molecule has 0 amide bonds. The molecule has 1 heteroatoms. The lowest BCUT2D eigenvalue weighted by Gasteiger charge is -2.23. The van der Waals surface area contributed by atoms with Gasteiger partial charge < -0.3 is 4.42 Å². The highest BCUT2D eigenvalue weighted by atomic mass is 16.3. The lowest BCUT2D eigenvalue weighted by atomic mass is 9.81. The maximum Gasteiger partial charge on any atom is 0.139 e. The van der Waals surface area contributed by atoms with E-state index in [0.29, 0.717) is 5.92 Å². The number of para-hydroxylation sites is 1. The van der Waals surface area contributed by atoms with Crippen LogP contribution in [0, 0.1) is 13.8 Å². The van der Waals surface area contributed by atoms with Gasteiger partial charge in [-0.05, 0) is 67.9 Å². The Balaban J connectivity index is 0.000000330. The highest BCUT2D eigenvalue weighted by molar-refractivity contribution is 6.12. The number of fused-ring (bicyclic) bond motifs is 3. The molecule has 5 rings (SSSR count). The quantitative estimate of drug-likeness (QED) is 0.310. The molecule has 0 spiro atoms. The average Bonchev–Trinajstić information content (AvgIpc) is 3.21. The van der Waals surface area contributed by atoms with Gasteiger partial charge >= 0.3 is 0 Å². The summed E-state index contributed by atoms with van der Waals surface area (Å²) in [5.41, 5.74) is 8.47. The van der Waals surface area contributed by atoms with Crippen LogP contribution in [-0.4, -0.2) is 0 Å². The van der Waals surface area contributed by atoms with E-state index in [1.807, 2.05) is 24.3 Å². The monoisotopic (exact) mass is 438 g/mol. The maximum absolute atomic E-state index is 6.47. The first kappa shape index (κ1) is 24.6. The zero-order valence-corrected chi connectivity index (χ0v) is 19.7. The van der Waals surface area contributed by atoms with Gasteiger partial charge in [0.2, 0.25) is 0 Å². The van der Waals surface area contributed by atoms with Crippen molar-refractivity contribution in [1.29, 1.82) is 0 Å². The Morgan fingerprint density at radius 1 is 0.909 bits per heavy atom. The molecule has 0 bridgehead atoms. The summed E-state index contributed by atoms with van der Waals surface area (Å²) in [5, 5.41) is 2.46. The third-order valence-electron chi connectivity index (χ3n) is 6.60. The largest absolute Gasteiger partial charge is 0.455 e. The minimum atomic E-state index is 0. The molecular weight excluding hydrogens is 400 g/mol. The van der Waals surface area contributed by atoms with E-state index in [2.05, 4.69) is 75.9 Å². The summed E-state index contributed by atoms with van der Waals surface area (Å²) in [6.07, 6.45) is 12.9. The summed E-state index contributed by atoms with van der Waals surface area (Å²) in [7, 11) is 0. The van der Waals surface area contributed by atoms with E-state index in [-0.39, 0.29) is 7.43 Å². The highest BCUT2D eigenvalue weighted by Gasteiger charge is 2.23. The number of benzene rings is 3. The van der Waals surface area contributed by atoms with E-state index in [0.717, 1.165) is 11.2 Å². The standard InChI is InChI=1S/C24H26O.C7H8.CH4/c1-4-10-18-15-21(17-12-7-6-8-13-17)24-22(19(18)5-2)20-14-9-11-16(3)23(20)25-24;1-7-5-3-2-4-6-7;/h4-5,9-11,14-15,17H,2,6-8,12-13H2,1,3H3;2-6H,1H3;1H4/b10-4-;;. The van der Waals surface area contributed by atoms with E-state index in [1.165, 1.54) is 70.7 Å². The molecule has 0 radical (unpaired) electrons. The first-order chi connectivity index (χ1) is 15.6. The molecule has 1 heterocycles. The predicted molar refractivity (Wildman–Crippen MR) is 147 cm³/mol. The number of furan rings is 1. The summed E-state index contributed by atoms with van der Waals surface area (Å²) in [4.78, 5) is 0. The Hall–Kier alpha value is -3.06. The Bertz CT molecular complexity index is 1230. The van der Waals surface area contributed by atoms with Crippen LogP contribution in [0.3, 0.4) is 0 Å². The summed E-state index contributed by atoms with van der Waals surface area (Å²) in [6.45, 7) is 10.4. The number of rotatable bonds is 3. The van der Waals surface area contributed by atoms with Gasteiger partial charge in [0.25, 0.3) is 0 Å². The summed E-state index contributed by atoms with van der Waals surface area (Å²) >= 11 is 0. The smallest absolute Gasteiger partial charge is 0.139 e. The fraction of sp³-hybridized carbons (Fsp3) is 0.312. The molecule has 1 aliphatic carbocycles. The zero-order chi connectivity index (χ0) is 22.5. The minimum absolute atomic E-state index is 0. The minimum Gasteiger partial charge on any atom is -0.455 e. The molecule has 0 saturated heterocycles. The third-order valence-corrected chi connectivity index (χ3v) is 6.60. The van der Waals surface area contributed by atoms with Gasteiger partial charge in [0.05, 0.1) is 0 Å². The van der Waals surface area contributed by atoms with E-state index in [9.17, 15) is 0 Å². The van der Waals surface area contributed by atoms with Crippen LogP contribution in [0.4, 0.5) is 0 Å². The van der Waals surface area contributed by atoms with Crippen LogP contribution in [0.2, 0.25) is 0 Å². The second-order valence-corrected chi connectivity index (χ2v) is 8.92. The molecule has 1 aliphatic rings. The predicted octanol–water partition coefficient (Wildman–Crippen LogP) is 10.2.